The van der Waals surface area contributed by atoms with Crippen LogP contribution in [0.25, 0.3) is 0 Å². The summed E-state index contributed by atoms with van der Waals surface area (Å²) in [6.45, 7) is 3.83. The lowest BCUT2D eigenvalue weighted by Gasteiger charge is -2.40. The number of rotatable bonds is 3. The monoisotopic (exact) mass is 315 g/mol. The summed E-state index contributed by atoms with van der Waals surface area (Å²) in [6, 6.07) is 10.5. The molecule has 124 valence electrons. The van der Waals surface area contributed by atoms with Crippen molar-refractivity contribution in [1.82, 2.24) is 4.90 Å². The lowest BCUT2D eigenvalue weighted by atomic mass is 9.74. The van der Waals surface area contributed by atoms with Gasteiger partial charge in [-0.05, 0) is 43.1 Å². The second-order valence-electron chi connectivity index (χ2n) is 7.30. The highest BCUT2D eigenvalue weighted by atomic mass is 16.4. The van der Waals surface area contributed by atoms with Crippen molar-refractivity contribution in [2.45, 2.75) is 44.4 Å². The van der Waals surface area contributed by atoms with Gasteiger partial charge in [-0.2, -0.15) is 0 Å². The molecule has 3 rings (SSSR count). The van der Waals surface area contributed by atoms with E-state index in [1.165, 1.54) is 5.56 Å². The topological polar surface area (TPSA) is 57.6 Å². The molecule has 0 aromatic heterocycles. The molecule has 4 nitrogen and oxygen atoms in total. The average Bonchev–Trinajstić information content (AvgIpc) is 3.06. The summed E-state index contributed by atoms with van der Waals surface area (Å²) >= 11 is 0. The lowest BCUT2D eigenvalue weighted by molar-refractivity contribution is -0.141. The minimum Gasteiger partial charge on any atom is -0.481 e. The van der Waals surface area contributed by atoms with Crippen LogP contribution in [-0.4, -0.2) is 35.0 Å². The molecule has 1 aliphatic carbocycles. The van der Waals surface area contributed by atoms with Crippen molar-refractivity contribution >= 4 is 11.9 Å². The van der Waals surface area contributed by atoms with Crippen molar-refractivity contribution in [3.05, 3.63) is 35.9 Å². The normalized spacial score (nSPS) is 26.9. The third-order valence-electron chi connectivity index (χ3n) is 5.78. The number of carbonyl (C=O) groups excluding carboxylic acids is 1. The predicted octanol–water partition coefficient (Wildman–Crippen LogP) is 3.07. The molecule has 23 heavy (non-hydrogen) atoms. The Labute approximate surface area is 137 Å². The number of hydrogen-bond acceptors (Lipinski definition) is 2. The highest BCUT2D eigenvalue weighted by molar-refractivity contribution is 5.81. The Morgan fingerprint density at radius 2 is 1.70 bits per heavy atom. The van der Waals surface area contributed by atoms with Crippen LogP contribution >= 0.6 is 0 Å². The fraction of sp³-hybridized carbons (Fsp3) is 0.579. The van der Waals surface area contributed by atoms with Crippen LogP contribution in [0.2, 0.25) is 0 Å². The van der Waals surface area contributed by atoms with Gasteiger partial charge in [0, 0.05) is 19.0 Å². The number of aliphatic carboxylic acids is 1. The molecule has 1 saturated carbocycles. The van der Waals surface area contributed by atoms with E-state index in [0.29, 0.717) is 12.8 Å². The predicted molar refractivity (Wildman–Crippen MR) is 88.1 cm³/mol. The van der Waals surface area contributed by atoms with Crippen LogP contribution in [0.5, 0.6) is 0 Å². The number of carboxylic acid groups (broad SMARTS) is 1. The van der Waals surface area contributed by atoms with Crippen LogP contribution in [0.15, 0.2) is 30.3 Å². The van der Waals surface area contributed by atoms with Gasteiger partial charge in [0.1, 0.15) is 0 Å². The molecule has 0 spiro atoms. The van der Waals surface area contributed by atoms with Crippen molar-refractivity contribution in [3.8, 4) is 0 Å². The minimum absolute atomic E-state index is 0.0859. The highest BCUT2D eigenvalue weighted by Gasteiger charge is 2.39. The van der Waals surface area contributed by atoms with Gasteiger partial charge in [-0.15, -0.1) is 0 Å². The van der Waals surface area contributed by atoms with Crippen LogP contribution in [-0.2, 0) is 15.0 Å². The first-order valence-electron chi connectivity index (χ1n) is 8.57. The lowest BCUT2D eigenvalue weighted by Crippen LogP contribution is -2.45. The van der Waals surface area contributed by atoms with Gasteiger partial charge in [0.2, 0.25) is 5.91 Å². The molecule has 0 unspecified atom stereocenters. The Morgan fingerprint density at radius 1 is 1.09 bits per heavy atom. The van der Waals surface area contributed by atoms with Crippen LogP contribution in [0.1, 0.15) is 44.6 Å². The number of likely N-dealkylation sites (tertiary alicyclic amines) is 1. The van der Waals surface area contributed by atoms with Crippen LogP contribution in [0.4, 0.5) is 0 Å². The Bertz CT molecular complexity index is 576. The van der Waals surface area contributed by atoms with Crippen molar-refractivity contribution in [1.29, 1.82) is 0 Å². The summed E-state index contributed by atoms with van der Waals surface area (Å²) < 4.78 is 0. The van der Waals surface area contributed by atoms with Crippen LogP contribution in [0.3, 0.4) is 0 Å². The Hall–Kier alpha value is -1.84. The molecule has 0 radical (unpaired) electrons. The number of nitrogens with zero attached hydrogens (tertiary/aromatic N) is 1. The van der Waals surface area contributed by atoms with Crippen LogP contribution in [0, 0.1) is 11.8 Å². The van der Waals surface area contributed by atoms with E-state index in [9.17, 15) is 9.59 Å². The molecular formula is C19H25NO3. The van der Waals surface area contributed by atoms with Gasteiger partial charge in [0.15, 0.2) is 0 Å². The zero-order valence-electron chi connectivity index (χ0n) is 13.7. The maximum Gasteiger partial charge on any atom is 0.306 e. The van der Waals surface area contributed by atoms with Gasteiger partial charge in [0.25, 0.3) is 0 Å². The molecule has 1 aliphatic heterocycles. The van der Waals surface area contributed by atoms with Gasteiger partial charge >= 0.3 is 5.97 Å². The summed E-state index contributed by atoms with van der Waals surface area (Å²) in [5.74, 6) is -1.00. The van der Waals surface area contributed by atoms with E-state index in [0.717, 1.165) is 32.4 Å². The van der Waals surface area contributed by atoms with E-state index in [-0.39, 0.29) is 23.2 Å². The summed E-state index contributed by atoms with van der Waals surface area (Å²) in [4.78, 5) is 25.7. The van der Waals surface area contributed by atoms with E-state index < -0.39 is 5.97 Å². The standard InChI is InChI=1S/C19H25NO3/c1-19(16-5-3-2-4-6-16)9-11-20(12-10-19)17(21)14-7-8-15(13-14)18(22)23/h2-6,14-15H,7-13H2,1H3,(H,22,23)/t14-,15+/m1/s1. The molecule has 0 bridgehead atoms. The van der Waals surface area contributed by atoms with Crippen molar-refractivity contribution in [3.63, 3.8) is 0 Å². The van der Waals surface area contributed by atoms with Crippen LogP contribution < -0.4 is 0 Å². The molecule has 1 aromatic rings. The first-order valence-corrected chi connectivity index (χ1v) is 8.57. The van der Waals surface area contributed by atoms with E-state index in [4.69, 9.17) is 5.11 Å². The average molecular weight is 315 g/mol. The number of carbonyl (C=O) groups is 2. The molecule has 1 saturated heterocycles. The maximum atomic E-state index is 12.6. The molecule has 4 heteroatoms. The first kappa shape index (κ1) is 16.0. The summed E-state index contributed by atoms with van der Waals surface area (Å²) in [6.07, 6.45) is 3.82. The molecule has 2 aliphatic rings. The summed E-state index contributed by atoms with van der Waals surface area (Å²) in [5, 5.41) is 9.09. The molecular weight excluding hydrogens is 290 g/mol. The SMILES string of the molecule is CC1(c2ccccc2)CCN(C(=O)[C@@H]2CC[C@H](C(=O)O)C2)CC1. The number of amides is 1. The Balaban J connectivity index is 1.59. The van der Waals surface area contributed by atoms with E-state index >= 15 is 0 Å². The number of piperidine rings is 1. The first-order chi connectivity index (χ1) is 11.0. The molecule has 1 N–H and O–H groups in total. The zero-order valence-corrected chi connectivity index (χ0v) is 13.7. The minimum atomic E-state index is -0.754. The van der Waals surface area contributed by atoms with Crippen molar-refractivity contribution in [2.75, 3.05) is 13.1 Å². The third kappa shape index (κ3) is 3.26. The Morgan fingerprint density at radius 3 is 2.26 bits per heavy atom. The summed E-state index contributed by atoms with van der Waals surface area (Å²) in [7, 11) is 0. The number of benzene rings is 1. The number of hydrogen-bond donors (Lipinski definition) is 1. The Kier molecular flexibility index (Phi) is 4.42. The largest absolute Gasteiger partial charge is 0.481 e. The van der Waals surface area contributed by atoms with Gasteiger partial charge in [-0.1, -0.05) is 37.3 Å². The highest BCUT2D eigenvalue weighted by Crippen LogP contribution is 2.37. The molecule has 2 fully saturated rings. The van der Waals surface area contributed by atoms with Gasteiger partial charge in [-0.3, -0.25) is 9.59 Å². The fourth-order valence-electron chi connectivity index (χ4n) is 4.04. The molecule has 1 aromatic carbocycles. The summed E-state index contributed by atoms with van der Waals surface area (Å²) in [5.41, 5.74) is 1.48. The number of carboxylic acids is 1. The van der Waals surface area contributed by atoms with Gasteiger partial charge in [0.05, 0.1) is 5.92 Å². The second-order valence-corrected chi connectivity index (χ2v) is 7.30. The maximum absolute atomic E-state index is 12.6. The smallest absolute Gasteiger partial charge is 0.306 e. The van der Waals surface area contributed by atoms with Gasteiger partial charge in [-0.25, -0.2) is 0 Å². The van der Waals surface area contributed by atoms with Crippen molar-refractivity contribution in [2.24, 2.45) is 11.8 Å². The quantitative estimate of drug-likeness (QED) is 0.932. The zero-order chi connectivity index (χ0) is 16.4. The molecule has 1 amide bonds. The second kappa shape index (κ2) is 6.34. The van der Waals surface area contributed by atoms with Crippen molar-refractivity contribution < 1.29 is 14.7 Å². The van der Waals surface area contributed by atoms with E-state index in [1.54, 1.807) is 0 Å². The third-order valence-corrected chi connectivity index (χ3v) is 5.78. The molecule has 2 atom stereocenters. The van der Waals surface area contributed by atoms with Gasteiger partial charge < -0.3 is 10.0 Å². The van der Waals surface area contributed by atoms with E-state index in [1.807, 2.05) is 11.0 Å². The van der Waals surface area contributed by atoms with E-state index in [2.05, 4.69) is 31.2 Å². The molecule has 1 heterocycles. The fourth-order valence-corrected chi connectivity index (χ4v) is 4.04.